The Bertz CT molecular complexity index is 630. The lowest BCUT2D eigenvalue weighted by atomic mass is 10.2. The van der Waals surface area contributed by atoms with E-state index >= 15 is 0 Å². The summed E-state index contributed by atoms with van der Waals surface area (Å²) in [7, 11) is -5.58. The lowest BCUT2D eigenvalue weighted by Gasteiger charge is -2.58. The van der Waals surface area contributed by atoms with Gasteiger partial charge >= 0.3 is 0 Å². The second-order valence-corrected chi connectivity index (χ2v) is 28.4. The van der Waals surface area contributed by atoms with Crippen LogP contribution in [0.3, 0.4) is 0 Å². The van der Waals surface area contributed by atoms with Gasteiger partial charge in [0, 0.05) is 0 Å². The molecule has 0 aliphatic heterocycles. The predicted octanol–water partition coefficient (Wildman–Crippen LogP) is 6.95. The lowest BCUT2D eigenvalue weighted by molar-refractivity contribution is 0.673. The Balaban J connectivity index is 3.85. The Morgan fingerprint density at radius 3 is 1.37 bits per heavy atom. The summed E-state index contributed by atoms with van der Waals surface area (Å²) in [6, 6.07) is 0. The van der Waals surface area contributed by atoms with Gasteiger partial charge in [-0.2, -0.15) is 5.10 Å². The normalized spacial score (nSPS) is 15.2. The summed E-state index contributed by atoms with van der Waals surface area (Å²) in [4.78, 5) is 4.94. The topological polar surface area (TPSA) is 34.0 Å². The SMILES string of the molecule is CC(C)(C)[Si](C)(C)N(c1ncnn1[Si](C)(C)C(C)(C)C)[Si](C)(C)C(C)(C)C. The summed E-state index contributed by atoms with van der Waals surface area (Å²) in [5.74, 6) is 1.14. The summed E-state index contributed by atoms with van der Waals surface area (Å²) >= 11 is 0. The van der Waals surface area contributed by atoms with Crippen LogP contribution in [0.5, 0.6) is 0 Å². The minimum absolute atomic E-state index is 0.210. The van der Waals surface area contributed by atoms with E-state index in [1.165, 1.54) is 0 Å². The fourth-order valence-electron chi connectivity index (χ4n) is 2.97. The first-order valence-corrected chi connectivity index (χ1v) is 19.1. The van der Waals surface area contributed by atoms with E-state index in [1.807, 2.05) is 0 Å². The smallest absolute Gasteiger partial charge is 0.198 e. The van der Waals surface area contributed by atoms with E-state index in [9.17, 15) is 0 Å². The molecule has 0 saturated carbocycles. The average molecular weight is 427 g/mol. The Morgan fingerprint density at radius 1 is 0.704 bits per heavy atom. The van der Waals surface area contributed by atoms with Gasteiger partial charge in [-0.05, 0) is 28.2 Å². The Hall–Kier alpha value is -0.409. The first kappa shape index (κ1) is 24.6. The largest absolute Gasteiger partial charge is 0.394 e. The van der Waals surface area contributed by atoms with Gasteiger partial charge < -0.3 is 4.23 Å². The van der Waals surface area contributed by atoms with E-state index in [0.29, 0.717) is 0 Å². The highest BCUT2D eigenvalue weighted by Crippen LogP contribution is 2.49. The van der Waals surface area contributed by atoms with Crippen LogP contribution in [0.25, 0.3) is 0 Å². The molecule has 0 fully saturated rings. The number of hydrogen-bond acceptors (Lipinski definition) is 3. The van der Waals surface area contributed by atoms with Crippen LogP contribution in [-0.4, -0.2) is 39.1 Å². The first-order valence-electron chi connectivity index (χ1n) is 10.3. The molecular weight excluding hydrogens is 381 g/mol. The molecule has 0 aliphatic carbocycles. The van der Waals surface area contributed by atoms with Crippen molar-refractivity contribution in [2.24, 2.45) is 0 Å². The van der Waals surface area contributed by atoms with Gasteiger partial charge in [0.05, 0.1) is 0 Å². The standard InChI is InChI=1S/C20H46N4Si3/c1-18(2,3)25(10,11)23-17(21-16-22-23)24(26(12,13)19(4,5)6)27(14,15)20(7,8)9/h16H,1-15H3. The van der Waals surface area contributed by atoms with Crippen molar-refractivity contribution in [1.29, 1.82) is 0 Å². The Kier molecular flexibility index (Phi) is 6.23. The van der Waals surface area contributed by atoms with Crippen LogP contribution >= 0.6 is 0 Å². The van der Waals surface area contributed by atoms with Crippen LogP contribution in [0.4, 0.5) is 5.95 Å². The van der Waals surface area contributed by atoms with Gasteiger partial charge in [-0.15, -0.1) is 0 Å². The van der Waals surface area contributed by atoms with Gasteiger partial charge in [0.15, 0.2) is 14.2 Å². The minimum atomic E-state index is -1.87. The van der Waals surface area contributed by atoms with Crippen LogP contribution in [0.15, 0.2) is 6.33 Å². The monoisotopic (exact) mass is 426 g/mol. The third-order valence-electron chi connectivity index (χ3n) is 7.88. The maximum Gasteiger partial charge on any atom is 0.198 e. The van der Waals surface area contributed by atoms with Crippen LogP contribution in [0.2, 0.25) is 54.4 Å². The molecule has 0 bridgehead atoms. The molecule has 0 radical (unpaired) electrons. The fraction of sp³-hybridized carbons (Fsp3) is 0.900. The third-order valence-corrected chi connectivity index (χ3v) is 26.3. The minimum Gasteiger partial charge on any atom is -0.394 e. The molecule has 0 unspecified atom stereocenters. The molecule has 0 N–H and O–H groups in total. The third kappa shape index (κ3) is 4.15. The van der Waals surface area contributed by atoms with Crippen molar-refractivity contribution < 1.29 is 0 Å². The molecule has 27 heavy (non-hydrogen) atoms. The number of hydrogen-bond donors (Lipinski definition) is 0. The highest BCUT2D eigenvalue weighted by molar-refractivity contribution is 7.02. The maximum atomic E-state index is 4.94. The van der Waals surface area contributed by atoms with Gasteiger partial charge in [0.1, 0.15) is 22.8 Å². The van der Waals surface area contributed by atoms with Crippen LogP contribution in [-0.2, 0) is 0 Å². The summed E-state index contributed by atoms with van der Waals surface area (Å²) in [6.45, 7) is 36.5. The molecule has 0 aromatic carbocycles. The van der Waals surface area contributed by atoms with Gasteiger partial charge in [-0.3, -0.25) is 4.35 Å². The Morgan fingerprint density at radius 2 is 1.07 bits per heavy atom. The molecule has 1 rings (SSSR count). The zero-order valence-corrected chi connectivity index (χ0v) is 23.9. The zero-order valence-electron chi connectivity index (χ0n) is 20.9. The lowest BCUT2D eigenvalue weighted by Crippen LogP contribution is -2.70. The first-order chi connectivity index (χ1) is 11.6. The molecule has 0 spiro atoms. The molecule has 1 heterocycles. The molecular formula is C20H46N4Si3. The molecule has 7 heteroatoms. The summed E-state index contributed by atoms with van der Waals surface area (Å²) in [5, 5.41) is 5.53. The van der Waals surface area contributed by atoms with E-state index in [0.717, 1.165) is 5.95 Å². The number of rotatable bonds is 4. The van der Waals surface area contributed by atoms with Crippen LogP contribution < -0.4 is 4.23 Å². The van der Waals surface area contributed by atoms with Gasteiger partial charge in [-0.1, -0.05) is 88.5 Å². The van der Waals surface area contributed by atoms with Crippen molar-refractivity contribution in [3.63, 3.8) is 0 Å². The maximum absolute atomic E-state index is 4.94. The second-order valence-electron chi connectivity index (χ2n) is 12.7. The summed E-state index contributed by atoms with van der Waals surface area (Å²) in [5.41, 5.74) is 0. The van der Waals surface area contributed by atoms with Gasteiger partial charge in [0.2, 0.25) is 0 Å². The molecule has 4 nitrogen and oxygen atoms in total. The van der Waals surface area contributed by atoms with E-state index in [-0.39, 0.29) is 15.1 Å². The highest BCUT2D eigenvalue weighted by atomic mass is 28.4. The zero-order chi connectivity index (χ0) is 21.9. The average Bonchev–Trinajstić information content (AvgIpc) is 2.83. The number of anilines is 1. The number of aromatic nitrogens is 3. The van der Waals surface area contributed by atoms with Crippen LogP contribution in [0.1, 0.15) is 62.3 Å². The molecule has 158 valence electrons. The van der Waals surface area contributed by atoms with E-state index in [1.54, 1.807) is 6.33 Å². The van der Waals surface area contributed by atoms with E-state index in [4.69, 9.17) is 10.1 Å². The molecule has 1 aromatic heterocycles. The number of nitrogens with zero attached hydrogens (tertiary/aromatic N) is 4. The molecule has 0 amide bonds. The van der Waals surface area contributed by atoms with E-state index < -0.39 is 24.7 Å². The molecule has 0 saturated heterocycles. The quantitative estimate of drug-likeness (QED) is 0.488. The van der Waals surface area contributed by atoms with Gasteiger partial charge in [-0.25, -0.2) is 4.98 Å². The van der Waals surface area contributed by atoms with Crippen molar-refractivity contribution in [3.05, 3.63) is 6.33 Å². The summed E-state index contributed by atoms with van der Waals surface area (Å²) < 4.78 is 5.20. The highest BCUT2D eigenvalue weighted by Gasteiger charge is 2.54. The van der Waals surface area contributed by atoms with Crippen molar-refractivity contribution in [1.82, 2.24) is 14.4 Å². The van der Waals surface area contributed by atoms with Crippen molar-refractivity contribution in [2.45, 2.75) is 117 Å². The fourth-order valence-corrected chi connectivity index (χ4v) is 15.1. The van der Waals surface area contributed by atoms with E-state index in [2.05, 4.69) is 110 Å². The molecule has 0 aliphatic rings. The predicted molar refractivity (Wildman–Crippen MR) is 129 cm³/mol. The molecule has 1 aromatic rings. The van der Waals surface area contributed by atoms with Crippen molar-refractivity contribution in [2.75, 3.05) is 4.23 Å². The van der Waals surface area contributed by atoms with Crippen LogP contribution in [0, 0.1) is 0 Å². The van der Waals surface area contributed by atoms with Gasteiger partial charge in [0.25, 0.3) is 0 Å². The van der Waals surface area contributed by atoms with Crippen molar-refractivity contribution >= 4 is 30.7 Å². The second kappa shape index (κ2) is 6.83. The Labute approximate surface area is 172 Å². The van der Waals surface area contributed by atoms with Crippen molar-refractivity contribution in [3.8, 4) is 0 Å². The molecule has 0 atom stereocenters. The summed E-state index contributed by atoms with van der Waals surface area (Å²) in [6.07, 6.45) is 1.79.